The minimum absolute atomic E-state index is 0.0208. The largest absolute Gasteiger partial charge is 0.490 e. The summed E-state index contributed by atoms with van der Waals surface area (Å²) in [6.45, 7) is 3.83. The number of hydrogen-bond donors (Lipinski definition) is 0. The highest BCUT2D eigenvalue weighted by Crippen LogP contribution is 2.60. The monoisotopic (exact) mass is 373 g/mol. The van der Waals surface area contributed by atoms with Crippen molar-refractivity contribution in [1.82, 2.24) is 10.1 Å². The van der Waals surface area contributed by atoms with Crippen LogP contribution in [-0.2, 0) is 4.79 Å². The van der Waals surface area contributed by atoms with E-state index in [4.69, 9.17) is 9.26 Å². The molecule has 1 aromatic heterocycles. The Hall–Kier alpha value is -3.20. The highest BCUT2D eigenvalue weighted by molar-refractivity contribution is 5.95. The summed E-state index contributed by atoms with van der Waals surface area (Å²) in [7, 11) is 0. The lowest BCUT2D eigenvalue weighted by Crippen LogP contribution is -2.21. The van der Waals surface area contributed by atoms with Gasteiger partial charge in [-0.1, -0.05) is 23.4 Å². The fourth-order valence-corrected chi connectivity index (χ4v) is 4.45. The summed E-state index contributed by atoms with van der Waals surface area (Å²) in [6, 6.07) is 7.41. The van der Waals surface area contributed by atoms with E-state index in [1.807, 2.05) is 38.1 Å². The maximum absolute atomic E-state index is 12.4. The Morgan fingerprint density at radius 1 is 1.36 bits per heavy atom. The minimum atomic E-state index is -0.0524. The van der Waals surface area contributed by atoms with Crippen LogP contribution < -0.4 is 4.74 Å². The third kappa shape index (κ3) is 2.58. The predicted octanol–water partition coefficient (Wildman–Crippen LogP) is 3.80. The molecule has 0 spiro atoms. The number of carbonyl (C=O) groups is 1. The highest BCUT2D eigenvalue weighted by atomic mass is 16.5. The van der Waals surface area contributed by atoms with E-state index in [2.05, 4.69) is 16.2 Å². The topological polar surface area (TPSA) is 89.0 Å². The number of fused-ring (bicyclic) bond motifs is 3. The van der Waals surface area contributed by atoms with Crippen LogP contribution in [0.2, 0.25) is 0 Å². The Balaban J connectivity index is 1.46. The Kier molecular flexibility index (Phi) is 3.73. The van der Waals surface area contributed by atoms with Crippen molar-refractivity contribution in [1.29, 1.82) is 5.26 Å². The van der Waals surface area contributed by atoms with Gasteiger partial charge in [-0.25, -0.2) is 0 Å². The number of Topliss-reactive ketones (excluding diaryl/α,β-unsaturated/α-hetero) is 1. The van der Waals surface area contributed by atoms with Gasteiger partial charge in [0.2, 0.25) is 0 Å². The fraction of sp³-hybridized carbons (Fsp3) is 0.364. The van der Waals surface area contributed by atoms with Gasteiger partial charge in [0.15, 0.2) is 5.82 Å². The normalized spacial score (nSPS) is 27.2. The molecule has 5 rings (SSSR count). The van der Waals surface area contributed by atoms with Gasteiger partial charge >= 0.3 is 0 Å². The number of ketones is 1. The Labute approximate surface area is 162 Å². The van der Waals surface area contributed by atoms with E-state index >= 15 is 0 Å². The lowest BCUT2D eigenvalue weighted by molar-refractivity contribution is -0.121. The number of carbonyl (C=O) groups excluding carboxylic acids is 1. The van der Waals surface area contributed by atoms with Gasteiger partial charge in [-0.15, -0.1) is 0 Å². The number of allylic oxidation sites excluding steroid dienone is 4. The van der Waals surface area contributed by atoms with Crippen LogP contribution in [0, 0.1) is 35.0 Å². The molecule has 0 bridgehead atoms. The summed E-state index contributed by atoms with van der Waals surface area (Å²) in [5.41, 5.74) is 2.07. The van der Waals surface area contributed by atoms with Gasteiger partial charge in [0.25, 0.3) is 5.89 Å². The third-order valence-electron chi connectivity index (χ3n) is 5.73. The van der Waals surface area contributed by atoms with Crippen LogP contribution in [0.5, 0.6) is 5.75 Å². The van der Waals surface area contributed by atoms with E-state index in [1.165, 1.54) is 0 Å². The number of nitriles is 1. The highest BCUT2D eigenvalue weighted by Gasteiger charge is 2.60. The first-order chi connectivity index (χ1) is 13.6. The summed E-state index contributed by atoms with van der Waals surface area (Å²) in [4.78, 5) is 16.9. The van der Waals surface area contributed by atoms with Gasteiger partial charge in [-0.2, -0.15) is 10.2 Å². The van der Waals surface area contributed by atoms with Gasteiger partial charge in [0.05, 0.1) is 11.7 Å². The second-order valence-corrected chi connectivity index (χ2v) is 7.88. The molecule has 0 aliphatic heterocycles. The van der Waals surface area contributed by atoms with E-state index in [0.717, 1.165) is 12.0 Å². The maximum atomic E-state index is 12.4. The molecular weight excluding hydrogens is 354 g/mol. The molecule has 1 heterocycles. The fourth-order valence-electron chi connectivity index (χ4n) is 4.45. The standard InChI is InChI=1S/C22H19N3O3/c1-11(2)27-18-7-6-12(8-13(18)10-23)22-24-21(25-28-22)15-5-3-4-14-19(15)16-9-17(16)20(14)26/h3-8,11,14,16-17,19H,9H2,1-2H3. The van der Waals surface area contributed by atoms with Crippen LogP contribution in [0.3, 0.4) is 0 Å². The van der Waals surface area contributed by atoms with Gasteiger partial charge in [0.1, 0.15) is 17.6 Å². The van der Waals surface area contributed by atoms with Crippen molar-refractivity contribution < 1.29 is 14.1 Å². The predicted molar refractivity (Wildman–Crippen MR) is 101 cm³/mol. The van der Waals surface area contributed by atoms with Gasteiger partial charge < -0.3 is 9.26 Å². The van der Waals surface area contributed by atoms with Gasteiger partial charge in [-0.05, 0) is 44.4 Å². The molecule has 2 saturated carbocycles. The van der Waals surface area contributed by atoms with E-state index in [0.29, 0.717) is 40.3 Å². The molecule has 3 aliphatic carbocycles. The molecule has 2 aromatic rings. The first-order valence-electron chi connectivity index (χ1n) is 9.54. The summed E-state index contributed by atoms with van der Waals surface area (Å²) in [5, 5.41) is 13.6. The molecule has 6 nitrogen and oxygen atoms in total. The van der Waals surface area contributed by atoms with Crippen molar-refractivity contribution in [3.05, 3.63) is 47.8 Å². The molecule has 4 atom stereocenters. The van der Waals surface area contributed by atoms with Crippen LogP contribution in [0.1, 0.15) is 31.7 Å². The Morgan fingerprint density at radius 3 is 3.00 bits per heavy atom. The average molecular weight is 373 g/mol. The molecule has 0 saturated heterocycles. The van der Waals surface area contributed by atoms with Crippen molar-refractivity contribution in [3.8, 4) is 23.3 Å². The molecule has 3 aliphatic rings. The summed E-state index contributed by atoms with van der Waals surface area (Å²) in [5.74, 6) is 2.48. The lowest BCUT2D eigenvalue weighted by Gasteiger charge is -2.22. The zero-order valence-corrected chi connectivity index (χ0v) is 15.6. The quantitative estimate of drug-likeness (QED) is 0.810. The van der Waals surface area contributed by atoms with Crippen LogP contribution >= 0.6 is 0 Å². The van der Waals surface area contributed by atoms with E-state index in [1.54, 1.807) is 12.1 Å². The third-order valence-corrected chi connectivity index (χ3v) is 5.73. The Morgan fingerprint density at radius 2 is 2.21 bits per heavy atom. The van der Waals surface area contributed by atoms with Crippen LogP contribution in [-0.4, -0.2) is 22.0 Å². The van der Waals surface area contributed by atoms with Gasteiger partial charge in [0, 0.05) is 28.9 Å². The molecule has 6 heteroatoms. The number of rotatable bonds is 4. The number of hydrogen-bond acceptors (Lipinski definition) is 6. The second kappa shape index (κ2) is 6.16. The molecular formula is C22H19N3O3. The Bertz CT molecular complexity index is 1070. The summed E-state index contributed by atoms with van der Waals surface area (Å²) < 4.78 is 11.2. The van der Waals surface area contributed by atoms with E-state index < -0.39 is 0 Å². The molecule has 1 aromatic carbocycles. The number of aromatic nitrogens is 2. The molecule has 0 amide bonds. The van der Waals surface area contributed by atoms with Crippen molar-refractivity contribution in [2.45, 2.75) is 26.4 Å². The summed E-state index contributed by atoms with van der Waals surface area (Å²) in [6.07, 6.45) is 6.85. The van der Waals surface area contributed by atoms with Crippen LogP contribution in [0.4, 0.5) is 0 Å². The average Bonchev–Trinajstić information content (AvgIpc) is 3.24. The molecule has 2 fully saturated rings. The molecule has 4 unspecified atom stereocenters. The van der Waals surface area contributed by atoms with Crippen molar-refractivity contribution in [3.63, 3.8) is 0 Å². The first-order valence-corrected chi connectivity index (χ1v) is 9.54. The van der Waals surface area contributed by atoms with Crippen molar-refractivity contribution in [2.75, 3.05) is 0 Å². The van der Waals surface area contributed by atoms with Crippen molar-refractivity contribution >= 4 is 11.4 Å². The smallest absolute Gasteiger partial charge is 0.258 e. The molecule has 0 radical (unpaired) electrons. The number of nitrogens with zero attached hydrogens (tertiary/aromatic N) is 3. The summed E-state index contributed by atoms with van der Waals surface area (Å²) >= 11 is 0. The minimum Gasteiger partial charge on any atom is -0.490 e. The van der Waals surface area contributed by atoms with E-state index in [-0.39, 0.29) is 23.9 Å². The second-order valence-electron chi connectivity index (χ2n) is 7.88. The molecule has 140 valence electrons. The van der Waals surface area contributed by atoms with Gasteiger partial charge in [-0.3, -0.25) is 4.79 Å². The van der Waals surface area contributed by atoms with Crippen LogP contribution in [0.15, 0.2) is 41.0 Å². The van der Waals surface area contributed by atoms with Crippen molar-refractivity contribution in [2.24, 2.45) is 23.7 Å². The lowest BCUT2D eigenvalue weighted by atomic mass is 9.80. The zero-order chi connectivity index (χ0) is 19.4. The molecule has 28 heavy (non-hydrogen) atoms. The van der Waals surface area contributed by atoms with E-state index in [9.17, 15) is 10.1 Å². The first kappa shape index (κ1) is 16.9. The van der Waals surface area contributed by atoms with Crippen LogP contribution in [0.25, 0.3) is 17.0 Å². The number of ether oxygens (including phenoxy) is 1. The number of benzene rings is 1. The molecule has 0 N–H and O–H groups in total. The SMILES string of the molecule is CC(C)Oc1ccc(-c2nc(C3=CC=CC4C(=O)C5CC5C34)no2)cc1C#N. The zero-order valence-electron chi connectivity index (χ0n) is 15.6. The maximum Gasteiger partial charge on any atom is 0.258 e.